The third-order valence-electron chi connectivity index (χ3n) is 2.33. The van der Waals surface area contributed by atoms with E-state index < -0.39 is 0 Å². The maximum Gasteiger partial charge on any atom is 0.122 e. The molecule has 90 valence electrons. The van der Waals surface area contributed by atoms with Crippen molar-refractivity contribution in [1.29, 1.82) is 0 Å². The van der Waals surface area contributed by atoms with Crippen LogP contribution in [0.1, 0.15) is 12.0 Å². The van der Waals surface area contributed by atoms with Gasteiger partial charge in [0.25, 0.3) is 0 Å². The zero-order chi connectivity index (χ0) is 11.8. The van der Waals surface area contributed by atoms with Crippen LogP contribution in [-0.4, -0.2) is 26.0 Å². The van der Waals surface area contributed by atoms with Crippen LogP contribution in [0.25, 0.3) is 0 Å². The van der Waals surface area contributed by atoms with Gasteiger partial charge in [-0.1, -0.05) is 11.6 Å². The molecule has 0 spiro atoms. The van der Waals surface area contributed by atoms with E-state index in [-0.39, 0.29) is 0 Å². The molecule has 0 aliphatic heterocycles. The normalized spacial score (nSPS) is 10.4. The molecule has 0 radical (unpaired) electrons. The molecule has 0 heterocycles. The van der Waals surface area contributed by atoms with Crippen molar-refractivity contribution in [3.63, 3.8) is 0 Å². The van der Waals surface area contributed by atoms with Gasteiger partial charge in [-0.15, -0.1) is 0 Å². The molecule has 0 amide bonds. The average Bonchev–Trinajstić information content (AvgIpc) is 2.29. The van der Waals surface area contributed by atoms with Gasteiger partial charge >= 0.3 is 0 Å². The van der Waals surface area contributed by atoms with E-state index in [1.165, 1.54) is 0 Å². The van der Waals surface area contributed by atoms with Gasteiger partial charge in [-0.05, 0) is 55.4 Å². The predicted molar refractivity (Wildman–Crippen MR) is 73.0 cm³/mol. The Kier molecular flexibility index (Phi) is 6.69. The van der Waals surface area contributed by atoms with Crippen LogP contribution in [0.4, 0.5) is 0 Å². The summed E-state index contributed by atoms with van der Waals surface area (Å²) in [5, 5.41) is 4.11. The Morgan fingerprint density at radius 3 is 2.88 bits per heavy atom. The van der Waals surface area contributed by atoms with E-state index >= 15 is 0 Å². The van der Waals surface area contributed by atoms with Crippen LogP contribution < -0.4 is 10.1 Å². The van der Waals surface area contributed by atoms with Crippen molar-refractivity contribution in [3.05, 3.63) is 28.8 Å². The summed E-state index contributed by atoms with van der Waals surface area (Å²) >= 11 is 10.1. The Balaban J connectivity index is 2.42. The van der Waals surface area contributed by atoms with E-state index in [4.69, 9.17) is 16.3 Å². The van der Waals surface area contributed by atoms with Crippen molar-refractivity contribution >= 4 is 24.2 Å². The monoisotopic (exact) mass is 259 g/mol. The Morgan fingerprint density at radius 2 is 2.19 bits per heavy atom. The first-order chi connectivity index (χ1) is 7.77. The van der Waals surface area contributed by atoms with Crippen molar-refractivity contribution in [1.82, 2.24) is 5.32 Å². The molecule has 0 atom stereocenters. The second-order valence-corrected chi connectivity index (χ2v) is 4.42. The molecule has 0 aromatic heterocycles. The number of thiol groups is 1. The maximum absolute atomic E-state index is 5.95. The molecule has 0 saturated carbocycles. The van der Waals surface area contributed by atoms with Gasteiger partial charge in [-0.3, -0.25) is 0 Å². The number of halogens is 1. The summed E-state index contributed by atoms with van der Waals surface area (Å²) in [7, 11) is 1.68. The standard InChI is InChI=1S/C12H18ClNOS/c1-15-12-4-3-11(13)9-10(12)5-7-14-6-2-8-16/h3-4,9,14,16H,2,5-8H2,1H3. The van der Waals surface area contributed by atoms with Crippen LogP contribution in [-0.2, 0) is 6.42 Å². The molecule has 0 fully saturated rings. The van der Waals surface area contributed by atoms with Crippen LogP contribution in [0.5, 0.6) is 5.75 Å². The highest BCUT2D eigenvalue weighted by Crippen LogP contribution is 2.22. The fourth-order valence-corrected chi connectivity index (χ4v) is 1.85. The fourth-order valence-electron chi connectivity index (χ4n) is 1.49. The number of methoxy groups -OCH3 is 1. The molecule has 1 rings (SSSR count). The topological polar surface area (TPSA) is 21.3 Å². The third-order valence-corrected chi connectivity index (χ3v) is 2.88. The fraction of sp³-hybridized carbons (Fsp3) is 0.500. The zero-order valence-corrected chi connectivity index (χ0v) is 11.2. The highest BCUT2D eigenvalue weighted by Gasteiger charge is 2.03. The van der Waals surface area contributed by atoms with Crippen LogP contribution in [0, 0.1) is 0 Å². The lowest BCUT2D eigenvalue weighted by Gasteiger charge is -2.09. The minimum Gasteiger partial charge on any atom is -0.496 e. The minimum absolute atomic E-state index is 0.756. The predicted octanol–water partition coefficient (Wildman–Crippen LogP) is 2.80. The van der Waals surface area contributed by atoms with E-state index in [0.717, 1.165) is 48.0 Å². The molecule has 1 aromatic rings. The van der Waals surface area contributed by atoms with Crippen molar-refractivity contribution in [2.45, 2.75) is 12.8 Å². The van der Waals surface area contributed by atoms with E-state index in [1.54, 1.807) is 7.11 Å². The number of benzene rings is 1. The van der Waals surface area contributed by atoms with E-state index in [1.807, 2.05) is 18.2 Å². The number of hydrogen-bond donors (Lipinski definition) is 2. The van der Waals surface area contributed by atoms with E-state index in [0.29, 0.717) is 0 Å². The Labute approximate surface area is 108 Å². The molecule has 4 heteroatoms. The van der Waals surface area contributed by atoms with Gasteiger partial charge in [0.05, 0.1) is 7.11 Å². The molecule has 0 aliphatic rings. The van der Waals surface area contributed by atoms with Crippen LogP contribution in [0.2, 0.25) is 5.02 Å². The molecular weight excluding hydrogens is 242 g/mol. The second kappa shape index (κ2) is 7.82. The largest absolute Gasteiger partial charge is 0.496 e. The first-order valence-electron chi connectivity index (χ1n) is 5.42. The van der Waals surface area contributed by atoms with Gasteiger partial charge in [0, 0.05) is 5.02 Å². The maximum atomic E-state index is 5.95. The van der Waals surface area contributed by atoms with Crippen LogP contribution >= 0.6 is 24.2 Å². The van der Waals surface area contributed by atoms with Gasteiger partial charge < -0.3 is 10.1 Å². The van der Waals surface area contributed by atoms with Gasteiger partial charge in [0.1, 0.15) is 5.75 Å². The lowest BCUT2D eigenvalue weighted by molar-refractivity contribution is 0.409. The van der Waals surface area contributed by atoms with Crippen LogP contribution in [0.15, 0.2) is 18.2 Å². The number of rotatable bonds is 7. The molecule has 1 aromatic carbocycles. The summed E-state index contributed by atoms with van der Waals surface area (Å²) in [6.45, 7) is 1.94. The lowest BCUT2D eigenvalue weighted by Crippen LogP contribution is -2.19. The van der Waals surface area contributed by atoms with Crippen molar-refractivity contribution in [2.24, 2.45) is 0 Å². The summed E-state index contributed by atoms with van der Waals surface area (Å²) < 4.78 is 5.28. The Hall–Kier alpha value is -0.380. The van der Waals surface area contributed by atoms with Crippen molar-refractivity contribution in [2.75, 3.05) is 26.0 Å². The summed E-state index contributed by atoms with van der Waals surface area (Å²) in [4.78, 5) is 0. The highest BCUT2D eigenvalue weighted by molar-refractivity contribution is 7.80. The summed E-state index contributed by atoms with van der Waals surface area (Å²) in [6.07, 6.45) is 2.02. The molecule has 16 heavy (non-hydrogen) atoms. The van der Waals surface area contributed by atoms with Gasteiger partial charge in [0.2, 0.25) is 0 Å². The molecule has 0 unspecified atom stereocenters. The van der Waals surface area contributed by atoms with Gasteiger partial charge in [-0.2, -0.15) is 12.6 Å². The average molecular weight is 260 g/mol. The quantitative estimate of drug-likeness (QED) is 0.580. The minimum atomic E-state index is 0.756. The van der Waals surface area contributed by atoms with Gasteiger partial charge in [0.15, 0.2) is 0 Å². The number of hydrogen-bond acceptors (Lipinski definition) is 3. The van der Waals surface area contributed by atoms with E-state index in [9.17, 15) is 0 Å². The van der Waals surface area contributed by atoms with Crippen molar-refractivity contribution in [3.8, 4) is 5.75 Å². The SMILES string of the molecule is COc1ccc(Cl)cc1CCNCCCS. The molecule has 1 N–H and O–H groups in total. The first kappa shape index (κ1) is 13.7. The Bertz CT molecular complexity index is 320. The van der Waals surface area contributed by atoms with Gasteiger partial charge in [-0.25, -0.2) is 0 Å². The van der Waals surface area contributed by atoms with Crippen LogP contribution in [0.3, 0.4) is 0 Å². The summed E-state index contributed by atoms with van der Waals surface area (Å²) in [5.74, 6) is 1.83. The highest BCUT2D eigenvalue weighted by atomic mass is 35.5. The number of nitrogens with one attached hydrogen (secondary N) is 1. The molecule has 0 saturated heterocycles. The molecule has 0 bridgehead atoms. The molecule has 2 nitrogen and oxygen atoms in total. The van der Waals surface area contributed by atoms with E-state index in [2.05, 4.69) is 17.9 Å². The molecule has 0 aliphatic carbocycles. The Morgan fingerprint density at radius 1 is 1.38 bits per heavy atom. The smallest absolute Gasteiger partial charge is 0.122 e. The van der Waals surface area contributed by atoms with Crippen molar-refractivity contribution < 1.29 is 4.74 Å². The zero-order valence-electron chi connectivity index (χ0n) is 9.50. The summed E-state index contributed by atoms with van der Waals surface area (Å²) in [6, 6.07) is 5.71. The third kappa shape index (κ3) is 4.64. The number of ether oxygens (including phenoxy) is 1. The lowest BCUT2D eigenvalue weighted by atomic mass is 10.1. The molecular formula is C12H18ClNOS. The summed E-state index contributed by atoms with van der Waals surface area (Å²) in [5.41, 5.74) is 1.15. The first-order valence-corrected chi connectivity index (χ1v) is 6.43. The second-order valence-electron chi connectivity index (χ2n) is 3.53.